The molecule has 5 N–H and O–H groups in total. The summed E-state index contributed by atoms with van der Waals surface area (Å²) in [7, 11) is -3.28. The summed E-state index contributed by atoms with van der Waals surface area (Å²) in [5, 5.41) is 19.3. The van der Waals surface area contributed by atoms with Gasteiger partial charge in [-0.05, 0) is 30.5 Å². The van der Waals surface area contributed by atoms with E-state index in [-0.39, 0.29) is 18.0 Å². The molecule has 2 rings (SSSR count). The molecule has 7 heteroatoms. The molecule has 0 aromatic heterocycles. The van der Waals surface area contributed by atoms with Gasteiger partial charge in [0.25, 0.3) is 0 Å². The number of anilines is 1. The molecule has 1 unspecified atom stereocenters. The minimum absolute atomic E-state index is 0.00454. The SMILES string of the molecule is [CH2]CCc1ccc(N2CC(O)NS2(O)O)c(O)c1. The maximum atomic E-state index is 9.92. The van der Waals surface area contributed by atoms with Gasteiger partial charge in [-0.3, -0.25) is 13.4 Å². The minimum Gasteiger partial charge on any atom is -0.506 e. The van der Waals surface area contributed by atoms with E-state index < -0.39 is 17.2 Å². The van der Waals surface area contributed by atoms with Crippen molar-refractivity contribution in [1.82, 2.24) is 4.72 Å². The molecule has 101 valence electrons. The number of aryl methyl sites for hydroxylation is 1. The summed E-state index contributed by atoms with van der Waals surface area (Å²) in [6.45, 7) is 3.74. The molecule has 6 nitrogen and oxygen atoms in total. The molecule has 0 saturated carbocycles. The molecule has 0 amide bonds. The van der Waals surface area contributed by atoms with Crippen LogP contribution in [0.4, 0.5) is 5.69 Å². The number of phenolic OH excluding ortho intramolecular Hbond substituents is 1. The molecule has 1 radical (unpaired) electrons. The number of hydrogen-bond donors (Lipinski definition) is 5. The van der Waals surface area contributed by atoms with Crippen LogP contribution in [-0.2, 0) is 6.42 Å². The lowest BCUT2D eigenvalue weighted by Crippen LogP contribution is -2.25. The molecule has 1 heterocycles. The number of nitrogens with one attached hydrogen (secondary N) is 1. The van der Waals surface area contributed by atoms with E-state index in [4.69, 9.17) is 0 Å². The molecule has 1 fully saturated rings. The van der Waals surface area contributed by atoms with Crippen LogP contribution >= 0.6 is 11.0 Å². The predicted molar refractivity (Wildman–Crippen MR) is 71.1 cm³/mol. The topological polar surface area (TPSA) is 96.2 Å². The Morgan fingerprint density at radius 3 is 2.67 bits per heavy atom. The molecular weight excluding hydrogens is 256 g/mol. The van der Waals surface area contributed by atoms with E-state index in [0.29, 0.717) is 0 Å². The number of aliphatic hydroxyl groups is 1. The highest BCUT2D eigenvalue weighted by atomic mass is 32.3. The standard InChI is InChI=1S/C11H17N2O4S/c1-2-3-8-4-5-9(10(14)6-8)13-7-11(15)12-18(13,16)17/h4-6,11-12,14-17H,1-3,7H2. The molecule has 18 heavy (non-hydrogen) atoms. The average Bonchev–Trinajstić information content (AvgIpc) is 2.52. The average molecular weight is 273 g/mol. The highest BCUT2D eigenvalue weighted by molar-refractivity contribution is 8.24. The van der Waals surface area contributed by atoms with Crippen LogP contribution in [-0.4, -0.2) is 32.1 Å². The van der Waals surface area contributed by atoms with Gasteiger partial charge in [0.1, 0.15) is 17.7 Å². The highest BCUT2D eigenvalue weighted by Gasteiger charge is 2.36. The quantitative estimate of drug-likeness (QED) is 0.572. The lowest BCUT2D eigenvalue weighted by molar-refractivity contribution is 0.182. The summed E-state index contributed by atoms with van der Waals surface area (Å²) < 4.78 is 22.9. The summed E-state index contributed by atoms with van der Waals surface area (Å²) in [4.78, 5) is 0. The maximum absolute atomic E-state index is 9.92. The van der Waals surface area contributed by atoms with Crippen molar-refractivity contribution in [2.45, 2.75) is 19.1 Å². The summed E-state index contributed by atoms with van der Waals surface area (Å²) in [6, 6.07) is 4.97. The Morgan fingerprint density at radius 2 is 2.17 bits per heavy atom. The first-order valence-electron chi connectivity index (χ1n) is 5.56. The van der Waals surface area contributed by atoms with Crippen LogP contribution in [0.3, 0.4) is 0 Å². The molecule has 1 atom stereocenters. The Hall–Kier alpha value is -0.990. The second-order valence-corrected chi connectivity index (χ2v) is 5.85. The van der Waals surface area contributed by atoms with Gasteiger partial charge in [-0.1, -0.05) is 24.0 Å². The normalized spacial score (nSPS) is 24.2. The van der Waals surface area contributed by atoms with Crippen LogP contribution in [0.2, 0.25) is 0 Å². The number of nitrogens with zero attached hydrogens (tertiary/aromatic N) is 1. The molecule has 1 aromatic rings. The molecule has 0 aliphatic carbocycles. The Balaban J connectivity index is 2.28. The number of benzene rings is 1. The van der Waals surface area contributed by atoms with Gasteiger partial charge in [-0.2, -0.15) is 4.72 Å². The molecule has 1 aromatic carbocycles. The molecule has 1 saturated heterocycles. The van der Waals surface area contributed by atoms with Crippen LogP contribution in [0.15, 0.2) is 18.2 Å². The van der Waals surface area contributed by atoms with Crippen LogP contribution in [0, 0.1) is 6.92 Å². The van der Waals surface area contributed by atoms with E-state index in [1.54, 1.807) is 18.2 Å². The number of β-amino-alcohol motifs (C(OH)–C–C–N with tert-alkyl or cyclic N) is 1. The van der Waals surface area contributed by atoms with Crippen molar-refractivity contribution >= 4 is 16.6 Å². The van der Waals surface area contributed by atoms with E-state index in [2.05, 4.69) is 11.6 Å². The van der Waals surface area contributed by atoms with Gasteiger partial charge in [0, 0.05) is 0 Å². The van der Waals surface area contributed by atoms with Gasteiger partial charge in [0.2, 0.25) is 0 Å². The van der Waals surface area contributed by atoms with Crippen molar-refractivity contribution in [2.75, 3.05) is 10.8 Å². The molecule has 1 aliphatic heterocycles. The minimum atomic E-state index is -3.28. The molecule has 0 spiro atoms. The number of hydrogen-bond acceptors (Lipinski definition) is 6. The second kappa shape index (κ2) is 4.94. The monoisotopic (exact) mass is 273 g/mol. The van der Waals surface area contributed by atoms with E-state index in [9.17, 15) is 19.3 Å². The zero-order valence-corrected chi connectivity index (χ0v) is 10.6. The predicted octanol–water partition coefficient (Wildman–Crippen LogP) is 1.47. The van der Waals surface area contributed by atoms with Crippen molar-refractivity contribution in [3.63, 3.8) is 0 Å². The zero-order chi connectivity index (χ0) is 13.3. The van der Waals surface area contributed by atoms with Crippen LogP contribution in [0.5, 0.6) is 5.75 Å². The van der Waals surface area contributed by atoms with Gasteiger partial charge < -0.3 is 10.2 Å². The van der Waals surface area contributed by atoms with Gasteiger partial charge in [-0.15, -0.1) is 0 Å². The number of phenols is 1. The van der Waals surface area contributed by atoms with E-state index >= 15 is 0 Å². The van der Waals surface area contributed by atoms with Crippen molar-refractivity contribution in [3.8, 4) is 5.75 Å². The number of rotatable bonds is 3. The van der Waals surface area contributed by atoms with Crippen LogP contribution in [0.1, 0.15) is 12.0 Å². The second-order valence-electron chi connectivity index (χ2n) is 4.14. The van der Waals surface area contributed by atoms with Crippen molar-refractivity contribution in [2.24, 2.45) is 0 Å². The van der Waals surface area contributed by atoms with Gasteiger partial charge in [0.15, 0.2) is 0 Å². The highest BCUT2D eigenvalue weighted by Crippen LogP contribution is 2.49. The largest absolute Gasteiger partial charge is 0.506 e. The van der Waals surface area contributed by atoms with E-state index in [1.807, 2.05) is 0 Å². The van der Waals surface area contributed by atoms with Gasteiger partial charge >= 0.3 is 0 Å². The molecular formula is C11H17N2O4S. The lowest BCUT2D eigenvalue weighted by Gasteiger charge is -2.36. The lowest BCUT2D eigenvalue weighted by atomic mass is 10.1. The fourth-order valence-corrected chi connectivity index (χ4v) is 3.26. The Morgan fingerprint density at radius 1 is 1.44 bits per heavy atom. The summed E-state index contributed by atoms with van der Waals surface area (Å²) >= 11 is 0. The van der Waals surface area contributed by atoms with Crippen molar-refractivity contribution in [1.29, 1.82) is 0 Å². The zero-order valence-electron chi connectivity index (χ0n) is 9.78. The Kier molecular flexibility index (Phi) is 3.69. The maximum Gasteiger partial charge on any atom is 0.142 e. The van der Waals surface area contributed by atoms with E-state index in [0.717, 1.165) is 18.4 Å². The fourth-order valence-electron chi connectivity index (χ4n) is 1.92. The third-order valence-electron chi connectivity index (χ3n) is 2.71. The van der Waals surface area contributed by atoms with Crippen molar-refractivity contribution in [3.05, 3.63) is 30.7 Å². The first kappa shape index (κ1) is 13.4. The van der Waals surface area contributed by atoms with Crippen LogP contribution in [0.25, 0.3) is 0 Å². The van der Waals surface area contributed by atoms with Gasteiger partial charge in [0.05, 0.1) is 6.54 Å². The first-order chi connectivity index (χ1) is 8.44. The van der Waals surface area contributed by atoms with Crippen molar-refractivity contribution < 1.29 is 19.3 Å². The summed E-state index contributed by atoms with van der Waals surface area (Å²) in [6.07, 6.45) is 0.428. The Bertz CT molecular complexity index is 441. The summed E-state index contributed by atoms with van der Waals surface area (Å²) in [5.74, 6) is -0.0446. The first-order valence-corrected chi connectivity index (χ1v) is 7.07. The molecule has 0 bridgehead atoms. The van der Waals surface area contributed by atoms with E-state index in [1.165, 1.54) is 4.31 Å². The number of aliphatic hydroxyl groups excluding tert-OH is 1. The van der Waals surface area contributed by atoms with Gasteiger partial charge in [-0.25, -0.2) is 0 Å². The number of aromatic hydroxyl groups is 1. The summed E-state index contributed by atoms with van der Waals surface area (Å²) in [5.41, 5.74) is 1.21. The smallest absolute Gasteiger partial charge is 0.142 e. The molecule has 1 aliphatic rings. The third-order valence-corrected chi connectivity index (χ3v) is 4.26. The Labute approximate surface area is 107 Å². The fraction of sp³-hybridized carbons (Fsp3) is 0.364. The van der Waals surface area contributed by atoms with Crippen LogP contribution < -0.4 is 9.03 Å². The third kappa shape index (κ3) is 2.55.